The average Bonchev–Trinajstić information content (AvgIpc) is 2.84. The van der Waals surface area contributed by atoms with Crippen LogP contribution in [0.15, 0.2) is 23.1 Å². The number of esters is 1. The highest BCUT2D eigenvalue weighted by molar-refractivity contribution is 7.89. The molecule has 0 radical (unpaired) electrons. The first-order chi connectivity index (χ1) is 10.9. The summed E-state index contributed by atoms with van der Waals surface area (Å²) in [6.45, 7) is 0.960. The van der Waals surface area contributed by atoms with Gasteiger partial charge in [-0.05, 0) is 37.5 Å². The largest absolute Gasteiger partial charge is 0.465 e. The first-order valence-electron chi connectivity index (χ1n) is 7.56. The van der Waals surface area contributed by atoms with E-state index in [1.54, 1.807) is 0 Å². The molecule has 0 spiro atoms. The number of carbonyl (C=O) groups is 1. The highest BCUT2D eigenvalue weighted by atomic mass is 35.5. The number of ether oxygens (including phenoxy) is 1. The molecule has 8 heteroatoms. The number of hydrogen-bond acceptors (Lipinski definition) is 5. The number of nitrogens with zero attached hydrogens (tertiary/aromatic N) is 1. The summed E-state index contributed by atoms with van der Waals surface area (Å²) < 4.78 is 31.8. The van der Waals surface area contributed by atoms with Crippen molar-refractivity contribution in [3.05, 3.63) is 28.8 Å². The molecule has 2 unspecified atom stereocenters. The van der Waals surface area contributed by atoms with Gasteiger partial charge in [0.15, 0.2) is 0 Å². The Morgan fingerprint density at radius 1 is 1.30 bits per heavy atom. The van der Waals surface area contributed by atoms with Crippen molar-refractivity contribution >= 4 is 27.6 Å². The van der Waals surface area contributed by atoms with Gasteiger partial charge in [-0.3, -0.25) is 0 Å². The van der Waals surface area contributed by atoms with Gasteiger partial charge in [-0.15, -0.1) is 0 Å². The van der Waals surface area contributed by atoms with Gasteiger partial charge >= 0.3 is 5.97 Å². The molecule has 23 heavy (non-hydrogen) atoms. The van der Waals surface area contributed by atoms with Crippen molar-refractivity contribution in [3.8, 4) is 0 Å². The Kier molecular flexibility index (Phi) is 4.64. The number of rotatable bonds is 3. The second-order valence-corrected chi connectivity index (χ2v) is 8.27. The van der Waals surface area contributed by atoms with Crippen LogP contribution in [-0.2, 0) is 14.8 Å². The minimum absolute atomic E-state index is 0.0763. The maximum atomic E-state index is 12.8. The minimum atomic E-state index is -3.62. The van der Waals surface area contributed by atoms with Crippen LogP contribution in [0.2, 0.25) is 5.02 Å². The Labute approximate surface area is 140 Å². The minimum Gasteiger partial charge on any atom is -0.465 e. The molecule has 0 aromatic heterocycles. The van der Waals surface area contributed by atoms with Crippen LogP contribution in [-0.4, -0.2) is 51.0 Å². The summed E-state index contributed by atoms with van der Waals surface area (Å²) in [5.74, 6) is -0.588. The molecule has 2 atom stereocenters. The molecule has 2 aliphatic rings. The maximum Gasteiger partial charge on any atom is 0.339 e. The fraction of sp³-hybridized carbons (Fsp3) is 0.533. The molecule has 2 fully saturated rings. The first kappa shape index (κ1) is 16.7. The van der Waals surface area contributed by atoms with Gasteiger partial charge in [0.25, 0.3) is 0 Å². The zero-order chi connectivity index (χ0) is 16.6. The number of benzene rings is 1. The summed E-state index contributed by atoms with van der Waals surface area (Å²) in [7, 11) is -2.37. The van der Waals surface area contributed by atoms with Crippen molar-refractivity contribution in [2.45, 2.75) is 36.2 Å². The van der Waals surface area contributed by atoms with Crippen LogP contribution < -0.4 is 5.32 Å². The van der Waals surface area contributed by atoms with Gasteiger partial charge in [0.05, 0.1) is 22.6 Å². The van der Waals surface area contributed by atoms with Crippen molar-refractivity contribution in [2.24, 2.45) is 0 Å². The molecule has 2 aliphatic heterocycles. The molecule has 2 saturated heterocycles. The summed E-state index contributed by atoms with van der Waals surface area (Å²) >= 11 is 6.05. The van der Waals surface area contributed by atoms with E-state index in [1.807, 2.05) is 0 Å². The fourth-order valence-corrected chi connectivity index (χ4v) is 5.06. The van der Waals surface area contributed by atoms with Gasteiger partial charge in [0.2, 0.25) is 10.0 Å². The fourth-order valence-electron chi connectivity index (χ4n) is 3.21. The Bertz CT molecular complexity index is 722. The van der Waals surface area contributed by atoms with Crippen molar-refractivity contribution in [2.75, 3.05) is 20.2 Å². The van der Waals surface area contributed by atoms with Gasteiger partial charge in [-0.25, -0.2) is 13.2 Å². The molecule has 1 N–H and O–H groups in total. The predicted molar refractivity (Wildman–Crippen MR) is 86.1 cm³/mol. The number of carbonyl (C=O) groups excluding carboxylic acids is 1. The van der Waals surface area contributed by atoms with Crippen LogP contribution in [0.4, 0.5) is 0 Å². The third-order valence-corrected chi connectivity index (χ3v) is 6.64. The molecule has 2 bridgehead atoms. The molecule has 3 rings (SSSR count). The lowest BCUT2D eigenvalue weighted by Crippen LogP contribution is -2.39. The lowest BCUT2D eigenvalue weighted by molar-refractivity contribution is 0.0601. The van der Waals surface area contributed by atoms with Gasteiger partial charge < -0.3 is 10.1 Å². The van der Waals surface area contributed by atoms with E-state index in [1.165, 1.54) is 29.6 Å². The van der Waals surface area contributed by atoms with Crippen molar-refractivity contribution in [3.63, 3.8) is 0 Å². The predicted octanol–water partition coefficient (Wildman–Crippen LogP) is 1.64. The number of hydrogen-bond donors (Lipinski definition) is 1. The lowest BCUT2D eigenvalue weighted by atomic mass is 10.1. The molecular weight excluding hydrogens is 340 g/mol. The second kappa shape index (κ2) is 6.39. The number of methoxy groups -OCH3 is 1. The summed E-state index contributed by atoms with van der Waals surface area (Å²) in [6, 6.07) is 4.74. The van der Waals surface area contributed by atoms with Crippen LogP contribution in [0, 0.1) is 0 Å². The van der Waals surface area contributed by atoms with Gasteiger partial charge in [-0.1, -0.05) is 11.6 Å². The Morgan fingerprint density at radius 3 is 2.74 bits per heavy atom. The molecular formula is C15H19ClN2O4S. The van der Waals surface area contributed by atoms with Gasteiger partial charge in [0, 0.05) is 25.2 Å². The second-order valence-electron chi connectivity index (χ2n) is 5.92. The van der Waals surface area contributed by atoms with Crippen molar-refractivity contribution in [1.82, 2.24) is 9.62 Å². The van der Waals surface area contributed by atoms with E-state index in [-0.39, 0.29) is 21.5 Å². The maximum absolute atomic E-state index is 12.8. The van der Waals surface area contributed by atoms with Crippen molar-refractivity contribution < 1.29 is 17.9 Å². The van der Waals surface area contributed by atoms with Crippen LogP contribution in [0.1, 0.15) is 29.6 Å². The van der Waals surface area contributed by atoms with E-state index < -0.39 is 16.0 Å². The Hall–Kier alpha value is -1.15. The molecule has 0 saturated carbocycles. The lowest BCUT2D eigenvalue weighted by Gasteiger charge is -2.23. The third-order valence-electron chi connectivity index (χ3n) is 4.47. The molecule has 1 aromatic carbocycles. The number of nitrogens with one attached hydrogen (secondary N) is 1. The molecule has 0 aliphatic carbocycles. The highest BCUT2D eigenvalue weighted by Crippen LogP contribution is 2.27. The molecule has 1 aromatic rings. The van der Waals surface area contributed by atoms with E-state index in [0.717, 1.165) is 19.3 Å². The molecule has 2 heterocycles. The van der Waals surface area contributed by atoms with E-state index in [0.29, 0.717) is 19.1 Å². The average molecular weight is 359 g/mol. The molecule has 6 nitrogen and oxygen atoms in total. The highest BCUT2D eigenvalue weighted by Gasteiger charge is 2.35. The zero-order valence-corrected chi connectivity index (χ0v) is 14.4. The number of fused-ring (bicyclic) bond motifs is 2. The van der Waals surface area contributed by atoms with Crippen LogP contribution in [0.5, 0.6) is 0 Å². The Balaban J connectivity index is 1.87. The zero-order valence-electron chi connectivity index (χ0n) is 12.8. The van der Waals surface area contributed by atoms with Crippen LogP contribution in [0.25, 0.3) is 0 Å². The summed E-state index contributed by atoms with van der Waals surface area (Å²) in [4.78, 5) is 11.7. The van der Waals surface area contributed by atoms with Crippen molar-refractivity contribution in [1.29, 1.82) is 0 Å². The quantitative estimate of drug-likeness (QED) is 0.831. The van der Waals surface area contributed by atoms with Crippen LogP contribution >= 0.6 is 11.6 Å². The molecule has 126 valence electrons. The van der Waals surface area contributed by atoms with E-state index in [9.17, 15) is 13.2 Å². The smallest absolute Gasteiger partial charge is 0.339 e. The van der Waals surface area contributed by atoms with E-state index in [2.05, 4.69) is 10.1 Å². The standard InChI is InChI=1S/C15H19ClN2O4S/c1-22-15(19)13-5-4-12(8-14(13)16)23(20,21)18-7-6-10-2-3-11(9-18)17-10/h4-5,8,10-11,17H,2-3,6-7,9H2,1H3. The monoisotopic (exact) mass is 358 g/mol. The Morgan fingerprint density at radius 2 is 2.04 bits per heavy atom. The van der Waals surface area contributed by atoms with E-state index >= 15 is 0 Å². The third kappa shape index (κ3) is 3.24. The SMILES string of the molecule is COC(=O)c1ccc(S(=O)(=O)N2CCC3CCC(C2)N3)cc1Cl. The van der Waals surface area contributed by atoms with Crippen LogP contribution in [0.3, 0.4) is 0 Å². The number of sulfonamides is 1. The van der Waals surface area contributed by atoms with E-state index in [4.69, 9.17) is 11.6 Å². The van der Waals surface area contributed by atoms with Gasteiger partial charge in [0.1, 0.15) is 0 Å². The summed E-state index contributed by atoms with van der Waals surface area (Å²) in [6.07, 6.45) is 2.92. The number of halogens is 1. The molecule has 0 amide bonds. The van der Waals surface area contributed by atoms with Gasteiger partial charge in [-0.2, -0.15) is 4.31 Å². The summed E-state index contributed by atoms with van der Waals surface area (Å²) in [5, 5.41) is 3.53. The summed E-state index contributed by atoms with van der Waals surface area (Å²) in [5.41, 5.74) is 0.157. The topological polar surface area (TPSA) is 75.7 Å². The first-order valence-corrected chi connectivity index (χ1v) is 9.37. The normalized spacial score (nSPS) is 25.1.